The quantitative estimate of drug-likeness (QED) is 0.169. The summed E-state index contributed by atoms with van der Waals surface area (Å²) in [6.45, 7) is 1.74. The lowest BCUT2D eigenvalue weighted by Crippen LogP contribution is -2.47. The van der Waals surface area contributed by atoms with Gasteiger partial charge in [-0.05, 0) is 27.7 Å². The third kappa shape index (κ3) is 12.6. The van der Waals surface area contributed by atoms with E-state index in [0.29, 0.717) is 0 Å². The number of hydrogen-bond acceptors (Lipinski definition) is 8. The van der Waals surface area contributed by atoms with Gasteiger partial charge >= 0.3 is 23.9 Å². The van der Waals surface area contributed by atoms with E-state index in [0.717, 1.165) is 27.7 Å². The van der Waals surface area contributed by atoms with Crippen molar-refractivity contribution >= 4 is 117 Å². The summed E-state index contributed by atoms with van der Waals surface area (Å²) in [4.78, 5) is 48.3. The molecular formula is C17H20Cl8O8. The van der Waals surface area contributed by atoms with Gasteiger partial charge in [0.1, 0.15) is 31.8 Å². The van der Waals surface area contributed by atoms with Crippen LogP contribution >= 0.6 is 92.8 Å². The van der Waals surface area contributed by atoms with E-state index in [1.54, 1.807) is 0 Å². The van der Waals surface area contributed by atoms with Crippen LogP contribution in [-0.4, -0.2) is 67.6 Å². The minimum atomic E-state index is -1.96. The molecule has 0 spiro atoms. The van der Waals surface area contributed by atoms with E-state index < -0.39 is 73.1 Å². The molecule has 0 saturated heterocycles. The van der Waals surface area contributed by atoms with Gasteiger partial charge in [0, 0.05) is 0 Å². The molecule has 0 aromatic carbocycles. The van der Waals surface area contributed by atoms with E-state index in [9.17, 15) is 19.2 Å². The van der Waals surface area contributed by atoms with Gasteiger partial charge < -0.3 is 18.9 Å². The van der Waals surface area contributed by atoms with Crippen LogP contribution in [0.15, 0.2) is 0 Å². The first-order valence-electron chi connectivity index (χ1n) is 8.71. The maximum absolute atomic E-state index is 12.1. The van der Waals surface area contributed by atoms with Crippen LogP contribution in [0.2, 0.25) is 0 Å². The highest BCUT2D eigenvalue weighted by Gasteiger charge is 2.43. The zero-order chi connectivity index (χ0) is 26.5. The fourth-order valence-corrected chi connectivity index (χ4v) is 2.07. The second kappa shape index (κ2) is 12.4. The lowest BCUT2D eigenvalue weighted by atomic mass is 9.92. The van der Waals surface area contributed by atoms with Gasteiger partial charge in [-0.15, -0.1) is 0 Å². The Morgan fingerprint density at radius 3 is 0.727 bits per heavy atom. The van der Waals surface area contributed by atoms with Crippen molar-refractivity contribution in [1.29, 1.82) is 0 Å². The molecule has 0 saturated carbocycles. The highest BCUT2D eigenvalue weighted by atomic mass is 35.5. The van der Waals surface area contributed by atoms with E-state index in [1.807, 2.05) is 0 Å². The van der Waals surface area contributed by atoms with Crippen LogP contribution in [0.25, 0.3) is 0 Å². The minimum absolute atomic E-state index is 0.696. The predicted molar refractivity (Wildman–Crippen MR) is 127 cm³/mol. The Balaban J connectivity index is 6.00. The molecule has 33 heavy (non-hydrogen) atoms. The van der Waals surface area contributed by atoms with E-state index in [4.69, 9.17) is 112 Å². The Hall–Kier alpha value is 0.200. The van der Waals surface area contributed by atoms with Crippen molar-refractivity contribution in [2.75, 3.05) is 26.4 Å². The number of rotatable bonds is 12. The second-order valence-electron chi connectivity index (χ2n) is 7.36. The Bertz CT molecular complexity index is 606. The number of alkyl halides is 8. The standard InChI is InChI=1S/C17H20Cl8O8/c1-13(18,19)9(26)30-5-17(6-31-10(27)14(2,20)21,7-32-11(28)15(3,22)23)8-33-12(29)16(4,24)25/h5-8H2,1-4H3. The van der Waals surface area contributed by atoms with Crippen LogP contribution in [0.5, 0.6) is 0 Å². The van der Waals surface area contributed by atoms with Gasteiger partial charge in [-0.1, -0.05) is 92.8 Å². The molecule has 0 bridgehead atoms. The normalized spacial score (nSPS) is 13.2. The van der Waals surface area contributed by atoms with Crippen LogP contribution in [-0.2, 0) is 38.1 Å². The molecule has 0 rings (SSSR count). The average Bonchev–Trinajstić information content (AvgIpc) is 2.62. The largest absolute Gasteiger partial charge is 0.462 e. The Morgan fingerprint density at radius 2 is 0.606 bits per heavy atom. The van der Waals surface area contributed by atoms with Gasteiger partial charge in [0.25, 0.3) is 0 Å². The van der Waals surface area contributed by atoms with Crippen LogP contribution < -0.4 is 0 Å². The smallest absolute Gasteiger partial charge is 0.342 e. The number of halogens is 8. The summed E-state index contributed by atoms with van der Waals surface area (Å²) in [6, 6.07) is 0. The van der Waals surface area contributed by atoms with Crippen molar-refractivity contribution in [3.63, 3.8) is 0 Å². The van der Waals surface area contributed by atoms with Crippen LogP contribution in [0.1, 0.15) is 27.7 Å². The maximum atomic E-state index is 12.1. The van der Waals surface area contributed by atoms with Gasteiger partial charge in [-0.3, -0.25) is 0 Å². The predicted octanol–water partition coefficient (Wildman–Crippen LogP) is 4.92. The van der Waals surface area contributed by atoms with Gasteiger partial charge in [0.2, 0.25) is 17.3 Å². The minimum Gasteiger partial charge on any atom is -0.462 e. The Labute approximate surface area is 230 Å². The van der Waals surface area contributed by atoms with Crippen molar-refractivity contribution in [3.05, 3.63) is 0 Å². The molecule has 0 N–H and O–H groups in total. The van der Waals surface area contributed by atoms with Crippen LogP contribution in [0, 0.1) is 5.41 Å². The molecule has 0 amide bonds. The molecular weight excluding hydrogens is 616 g/mol. The zero-order valence-electron chi connectivity index (χ0n) is 17.6. The monoisotopic (exact) mass is 632 g/mol. The second-order valence-corrected chi connectivity index (χ2v) is 14.2. The Morgan fingerprint density at radius 1 is 0.455 bits per heavy atom. The molecule has 16 heteroatoms. The summed E-state index contributed by atoms with van der Waals surface area (Å²) in [5, 5.41) is 0. The molecule has 8 nitrogen and oxygen atoms in total. The molecule has 0 fully saturated rings. The first kappa shape index (κ1) is 33.2. The summed E-state index contributed by atoms with van der Waals surface area (Å²) >= 11 is 45.6. The molecule has 0 unspecified atom stereocenters. The van der Waals surface area contributed by atoms with Gasteiger partial charge in [-0.2, -0.15) is 0 Å². The first-order chi connectivity index (χ1) is 14.5. The highest BCUT2D eigenvalue weighted by Crippen LogP contribution is 2.30. The highest BCUT2D eigenvalue weighted by molar-refractivity contribution is 6.58. The van der Waals surface area contributed by atoms with Gasteiger partial charge in [-0.25, -0.2) is 19.2 Å². The molecule has 0 heterocycles. The number of carbonyl (C=O) groups is 4. The maximum Gasteiger partial charge on any atom is 0.342 e. The van der Waals surface area contributed by atoms with Crippen molar-refractivity contribution in [2.45, 2.75) is 45.0 Å². The number of ether oxygens (including phenoxy) is 4. The van der Waals surface area contributed by atoms with E-state index in [-0.39, 0.29) is 0 Å². The van der Waals surface area contributed by atoms with Crippen molar-refractivity contribution < 1.29 is 38.1 Å². The lowest BCUT2D eigenvalue weighted by Gasteiger charge is -2.33. The van der Waals surface area contributed by atoms with Crippen molar-refractivity contribution in [3.8, 4) is 0 Å². The first-order valence-corrected chi connectivity index (χ1v) is 11.7. The van der Waals surface area contributed by atoms with E-state index in [1.165, 1.54) is 0 Å². The van der Waals surface area contributed by atoms with Crippen molar-refractivity contribution in [2.24, 2.45) is 5.41 Å². The zero-order valence-corrected chi connectivity index (χ0v) is 23.7. The van der Waals surface area contributed by atoms with Crippen LogP contribution in [0.3, 0.4) is 0 Å². The third-order valence-corrected chi connectivity index (χ3v) is 4.71. The fraction of sp³-hybridized carbons (Fsp3) is 0.765. The summed E-state index contributed by atoms with van der Waals surface area (Å²) in [5.41, 5.74) is -1.74. The number of esters is 4. The average molecular weight is 636 g/mol. The molecule has 0 aliphatic rings. The number of hydrogen-bond donors (Lipinski definition) is 0. The summed E-state index contributed by atoms with van der Waals surface area (Å²) < 4.78 is 12.4. The SMILES string of the molecule is CC(Cl)(Cl)C(=O)OCC(COC(=O)C(C)(Cl)Cl)(COC(=O)C(C)(Cl)Cl)COC(=O)C(C)(Cl)Cl. The molecule has 192 valence electrons. The number of carbonyl (C=O) groups excluding carboxylic acids is 4. The molecule has 0 radical (unpaired) electrons. The summed E-state index contributed by atoms with van der Waals surface area (Å²) in [6.07, 6.45) is 0. The molecule has 0 aromatic rings. The van der Waals surface area contributed by atoms with Crippen LogP contribution in [0.4, 0.5) is 0 Å². The molecule has 0 aliphatic carbocycles. The topological polar surface area (TPSA) is 105 Å². The van der Waals surface area contributed by atoms with Crippen molar-refractivity contribution in [1.82, 2.24) is 0 Å². The Kier molecular flexibility index (Phi) is 12.5. The molecule has 0 aliphatic heterocycles. The van der Waals surface area contributed by atoms with E-state index in [2.05, 4.69) is 0 Å². The molecule has 0 aromatic heterocycles. The molecule has 0 atom stereocenters. The fourth-order valence-electron chi connectivity index (χ4n) is 1.63. The lowest BCUT2D eigenvalue weighted by molar-refractivity contribution is -0.171. The summed E-state index contributed by atoms with van der Waals surface area (Å²) in [5.74, 6) is -4.45. The van der Waals surface area contributed by atoms with Gasteiger partial charge in [0.05, 0.1) is 0 Å². The van der Waals surface area contributed by atoms with Gasteiger partial charge in [0.15, 0.2) is 0 Å². The third-order valence-electron chi connectivity index (χ3n) is 3.47. The summed E-state index contributed by atoms with van der Waals surface area (Å²) in [7, 11) is 0. The van der Waals surface area contributed by atoms with E-state index >= 15 is 0 Å².